The van der Waals surface area contributed by atoms with E-state index in [1.165, 1.54) is 5.56 Å². The molecule has 2 aliphatic rings. The lowest BCUT2D eigenvalue weighted by Crippen LogP contribution is -2.39. The maximum absolute atomic E-state index is 12.6. The maximum Gasteiger partial charge on any atom is 0.326 e. The zero-order valence-electron chi connectivity index (χ0n) is 16.7. The molecule has 0 radical (unpaired) electrons. The Balaban J connectivity index is 1.36. The fourth-order valence-corrected chi connectivity index (χ4v) is 4.13. The number of likely N-dealkylation sites (N-methyl/N-ethyl adjacent to an activating group) is 1. The zero-order valence-corrected chi connectivity index (χ0v) is 16.7. The van der Waals surface area contributed by atoms with Crippen LogP contribution in [0, 0.1) is 0 Å². The number of Topliss-reactive ketones (excluding diaryl/α,β-unsaturated/α-hetero) is 1. The molecule has 154 valence electrons. The van der Waals surface area contributed by atoms with Crippen LogP contribution in [0.2, 0.25) is 0 Å². The number of ether oxygens (including phenoxy) is 1. The predicted octanol–water partition coefficient (Wildman–Crippen LogP) is 2.30. The van der Waals surface area contributed by atoms with Crippen LogP contribution in [0.15, 0.2) is 48.5 Å². The number of hydrogen-bond donors (Lipinski definition) is 0. The van der Waals surface area contributed by atoms with E-state index in [0.717, 1.165) is 29.7 Å². The van der Waals surface area contributed by atoms with Gasteiger partial charge in [-0.15, -0.1) is 0 Å². The van der Waals surface area contributed by atoms with E-state index >= 15 is 0 Å². The molecule has 0 spiro atoms. The summed E-state index contributed by atoms with van der Waals surface area (Å²) >= 11 is 0. The van der Waals surface area contributed by atoms with Crippen LogP contribution in [-0.4, -0.2) is 48.7 Å². The summed E-state index contributed by atoms with van der Waals surface area (Å²) in [6.07, 6.45) is 2.84. The minimum Gasteiger partial charge on any atom is -0.454 e. The number of fused-ring (bicyclic) bond motifs is 2. The Morgan fingerprint density at radius 3 is 2.67 bits per heavy atom. The molecule has 2 aromatic carbocycles. The molecule has 4 rings (SSSR count). The van der Waals surface area contributed by atoms with Gasteiger partial charge in [0.1, 0.15) is 6.54 Å². The van der Waals surface area contributed by atoms with Crippen molar-refractivity contribution < 1.29 is 23.9 Å². The fourth-order valence-electron chi connectivity index (χ4n) is 4.13. The third kappa shape index (κ3) is 3.58. The molecule has 30 heavy (non-hydrogen) atoms. The van der Waals surface area contributed by atoms with E-state index in [1.807, 2.05) is 18.2 Å². The summed E-state index contributed by atoms with van der Waals surface area (Å²) < 4.78 is 5.13. The minimum atomic E-state index is -0.768. The largest absolute Gasteiger partial charge is 0.454 e. The van der Waals surface area contributed by atoms with Gasteiger partial charge in [-0.2, -0.15) is 0 Å². The van der Waals surface area contributed by atoms with Crippen molar-refractivity contribution in [2.24, 2.45) is 0 Å². The highest BCUT2D eigenvalue weighted by Crippen LogP contribution is 2.33. The minimum absolute atomic E-state index is 0.0502. The molecular weight excluding hydrogens is 384 g/mol. The van der Waals surface area contributed by atoms with Crippen molar-refractivity contribution in [3.8, 4) is 0 Å². The van der Waals surface area contributed by atoms with Crippen molar-refractivity contribution >= 4 is 29.3 Å². The lowest BCUT2D eigenvalue weighted by molar-refractivity contribution is -0.151. The predicted molar refractivity (Wildman–Crippen MR) is 109 cm³/mol. The molecule has 0 bridgehead atoms. The SMILES string of the molecule is CN(C(=O)COC(=O)CN1C(=O)C(=O)c2ccccc21)[C@@H]1CCCc2ccccc21. The molecule has 7 nitrogen and oxygen atoms in total. The first-order chi connectivity index (χ1) is 14.5. The average molecular weight is 406 g/mol. The Morgan fingerprint density at radius 1 is 1.10 bits per heavy atom. The highest BCUT2D eigenvalue weighted by atomic mass is 16.5. The Kier molecular flexibility index (Phi) is 5.35. The van der Waals surface area contributed by atoms with E-state index in [4.69, 9.17) is 4.74 Å². The molecule has 1 atom stereocenters. The first kappa shape index (κ1) is 19.8. The third-order valence-corrected chi connectivity index (χ3v) is 5.72. The van der Waals surface area contributed by atoms with Crippen LogP contribution in [-0.2, 0) is 25.5 Å². The number of hydrogen-bond acceptors (Lipinski definition) is 5. The van der Waals surface area contributed by atoms with Gasteiger partial charge in [0, 0.05) is 7.05 Å². The molecule has 0 fully saturated rings. The van der Waals surface area contributed by atoms with Gasteiger partial charge in [0.15, 0.2) is 6.61 Å². The van der Waals surface area contributed by atoms with Gasteiger partial charge in [0.25, 0.3) is 17.6 Å². The number of carbonyl (C=O) groups is 4. The Hall–Kier alpha value is -3.48. The lowest BCUT2D eigenvalue weighted by atomic mass is 9.87. The molecule has 0 N–H and O–H groups in total. The topological polar surface area (TPSA) is 84.0 Å². The van der Waals surface area contributed by atoms with Gasteiger partial charge in [0.2, 0.25) is 0 Å². The van der Waals surface area contributed by atoms with Crippen molar-refractivity contribution in [3.05, 3.63) is 65.2 Å². The van der Waals surface area contributed by atoms with Crippen LogP contribution in [0.1, 0.15) is 40.4 Å². The first-order valence-electron chi connectivity index (χ1n) is 9.91. The number of para-hydroxylation sites is 1. The van der Waals surface area contributed by atoms with Crippen LogP contribution >= 0.6 is 0 Å². The smallest absolute Gasteiger partial charge is 0.326 e. The summed E-state index contributed by atoms with van der Waals surface area (Å²) in [5.74, 6) is -2.46. The van der Waals surface area contributed by atoms with Gasteiger partial charge >= 0.3 is 5.97 Å². The molecule has 0 unspecified atom stereocenters. The third-order valence-electron chi connectivity index (χ3n) is 5.72. The van der Waals surface area contributed by atoms with Crippen LogP contribution < -0.4 is 4.90 Å². The second-order valence-corrected chi connectivity index (χ2v) is 7.51. The lowest BCUT2D eigenvalue weighted by Gasteiger charge is -2.33. The molecule has 0 saturated heterocycles. The average Bonchev–Trinajstić information content (AvgIpc) is 3.01. The van der Waals surface area contributed by atoms with E-state index in [2.05, 4.69) is 6.07 Å². The van der Waals surface area contributed by atoms with E-state index in [-0.39, 0.29) is 17.5 Å². The number of benzene rings is 2. The number of aryl methyl sites for hydroxylation is 1. The van der Waals surface area contributed by atoms with Crippen molar-refractivity contribution in [1.29, 1.82) is 0 Å². The molecule has 1 heterocycles. The molecule has 7 heteroatoms. The van der Waals surface area contributed by atoms with Crippen molar-refractivity contribution in [1.82, 2.24) is 4.90 Å². The number of nitrogens with zero attached hydrogens (tertiary/aromatic N) is 2. The Labute approximate surface area is 174 Å². The van der Waals surface area contributed by atoms with Gasteiger partial charge in [-0.25, -0.2) is 0 Å². The van der Waals surface area contributed by atoms with Gasteiger partial charge in [-0.05, 0) is 42.5 Å². The second kappa shape index (κ2) is 8.10. The summed E-state index contributed by atoms with van der Waals surface area (Å²) in [5, 5.41) is 0. The highest BCUT2D eigenvalue weighted by molar-refractivity contribution is 6.52. The van der Waals surface area contributed by atoms with E-state index in [1.54, 1.807) is 36.2 Å². The van der Waals surface area contributed by atoms with Crippen LogP contribution in [0.5, 0.6) is 0 Å². The summed E-state index contributed by atoms with van der Waals surface area (Å²) in [4.78, 5) is 51.8. The quantitative estimate of drug-likeness (QED) is 0.562. The van der Waals surface area contributed by atoms with Gasteiger partial charge in [-0.3, -0.25) is 24.1 Å². The van der Waals surface area contributed by atoms with Crippen molar-refractivity contribution in [2.45, 2.75) is 25.3 Å². The number of amides is 2. The normalized spacial score (nSPS) is 17.4. The van der Waals surface area contributed by atoms with Crippen molar-refractivity contribution in [3.63, 3.8) is 0 Å². The molecule has 1 aliphatic carbocycles. The number of rotatable bonds is 5. The summed E-state index contributed by atoms with van der Waals surface area (Å²) in [6.45, 7) is -0.823. The fraction of sp³-hybridized carbons (Fsp3) is 0.304. The van der Waals surface area contributed by atoms with Crippen LogP contribution in [0.4, 0.5) is 5.69 Å². The number of anilines is 1. The van der Waals surface area contributed by atoms with Gasteiger partial charge < -0.3 is 9.64 Å². The molecule has 1 aliphatic heterocycles. The first-order valence-corrected chi connectivity index (χ1v) is 9.91. The Bertz CT molecular complexity index is 1030. The summed E-state index contributed by atoms with van der Waals surface area (Å²) in [6, 6.07) is 14.5. The zero-order chi connectivity index (χ0) is 21.3. The monoisotopic (exact) mass is 406 g/mol. The standard InChI is InChI=1S/C23H22N2O5/c1-24(18-12-6-8-15-7-2-3-9-16(15)18)20(26)14-30-21(27)13-25-19-11-5-4-10-17(19)22(28)23(25)29/h2-5,7,9-11,18H,6,8,12-14H2,1H3/t18-/m1/s1. The summed E-state index contributed by atoms with van der Waals surface area (Å²) in [5.41, 5.74) is 3.01. The van der Waals surface area contributed by atoms with E-state index < -0.39 is 30.8 Å². The van der Waals surface area contributed by atoms with Gasteiger partial charge in [-0.1, -0.05) is 36.4 Å². The number of esters is 1. The van der Waals surface area contributed by atoms with Crippen LogP contribution in [0.3, 0.4) is 0 Å². The number of carbonyl (C=O) groups excluding carboxylic acids is 4. The van der Waals surface area contributed by atoms with E-state index in [0.29, 0.717) is 5.69 Å². The molecule has 0 saturated carbocycles. The van der Waals surface area contributed by atoms with Crippen LogP contribution in [0.25, 0.3) is 0 Å². The molecular formula is C23H22N2O5. The highest BCUT2D eigenvalue weighted by Gasteiger charge is 2.37. The number of ketones is 1. The molecule has 0 aromatic heterocycles. The molecule has 2 aromatic rings. The Morgan fingerprint density at radius 2 is 1.83 bits per heavy atom. The van der Waals surface area contributed by atoms with Crippen molar-refractivity contribution in [2.75, 3.05) is 25.1 Å². The second-order valence-electron chi connectivity index (χ2n) is 7.51. The maximum atomic E-state index is 12.6. The van der Waals surface area contributed by atoms with E-state index in [9.17, 15) is 19.2 Å². The molecule has 2 amide bonds. The van der Waals surface area contributed by atoms with Gasteiger partial charge in [0.05, 0.1) is 17.3 Å². The summed E-state index contributed by atoms with van der Waals surface area (Å²) in [7, 11) is 1.71.